The Kier molecular flexibility index (Phi) is 4.90. The van der Waals surface area contributed by atoms with Crippen LogP contribution in [-0.2, 0) is 10.0 Å². The molecule has 0 aromatic heterocycles. The summed E-state index contributed by atoms with van der Waals surface area (Å²) in [5.41, 5.74) is 6.93. The summed E-state index contributed by atoms with van der Waals surface area (Å²) in [7, 11) is -4.06. The van der Waals surface area contributed by atoms with Crippen molar-refractivity contribution in [1.82, 2.24) is 4.31 Å². The Morgan fingerprint density at radius 1 is 1.12 bits per heavy atom. The first kappa shape index (κ1) is 18.0. The first-order chi connectivity index (χ1) is 11.8. The van der Waals surface area contributed by atoms with Gasteiger partial charge in [-0.15, -0.1) is 0 Å². The van der Waals surface area contributed by atoms with Crippen molar-refractivity contribution in [2.24, 2.45) is 11.7 Å². The fourth-order valence-electron chi connectivity index (χ4n) is 3.31. The predicted octanol–water partition coefficient (Wildman–Crippen LogP) is 2.64. The van der Waals surface area contributed by atoms with Crippen LogP contribution in [0, 0.1) is 24.5 Å². The van der Waals surface area contributed by atoms with E-state index in [1.165, 1.54) is 11.2 Å². The molecule has 1 aliphatic heterocycles. The molecule has 0 amide bonds. The molecule has 25 heavy (non-hydrogen) atoms. The molecule has 1 saturated heterocycles. The number of benzene rings is 2. The Morgan fingerprint density at radius 3 is 2.44 bits per heavy atom. The number of nitrogens with zero attached hydrogens (tertiary/aromatic N) is 1. The van der Waals surface area contributed by atoms with Crippen molar-refractivity contribution in [3.8, 4) is 0 Å². The standard InChI is InChI=1S/C18H20F2N2O2S/c1-12-7-18(17(20)8-16(12)19)25(23,24)22-10-14(9-21)15(11-22)13-5-3-2-4-6-13/h2-8,14-15H,9-11,21H2,1H3/t14-,15+/m1/s1. The third-order valence-corrected chi connectivity index (χ3v) is 6.62. The lowest BCUT2D eigenvalue weighted by molar-refractivity contribution is 0.452. The first-order valence-corrected chi connectivity index (χ1v) is 9.49. The van der Waals surface area contributed by atoms with Crippen LogP contribution in [0.15, 0.2) is 47.4 Å². The molecule has 3 rings (SSSR count). The largest absolute Gasteiger partial charge is 0.330 e. The lowest BCUT2D eigenvalue weighted by Crippen LogP contribution is -2.30. The molecule has 2 aromatic carbocycles. The highest BCUT2D eigenvalue weighted by molar-refractivity contribution is 7.89. The molecule has 134 valence electrons. The zero-order valence-electron chi connectivity index (χ0n) is 13.8. The van der Waals surface area contributed by atoms with Gasteiger partial charge in [-0.3, -0.25) is 0 Å². The Labute approximate surface area is 146 Å². The van der Waals surface area contributed by atoms with Gasteiger partial charge in [-0.25, -0.2) is 17.2 Å². The minimum atomic E-state index is -4.06. The van der Waals surface area contributed by atoms with Crippen LogP contribution in [0.25, 0.3) is 0 Å². The number of halogens is 2. The van der Waals surface area contributed by atoms with Gasteiger partial charge < -0.3 is 5.73 Å². The van der Waals surface area contributed by atoms with Gasteiger partial charge in [-0.2, -0.15) is 4.31 Å². The number of nitrogens with two attached hydrogens (primary N) is 1. The van der Waals surface area contributed by atoms with Gasteiger partial charge in [0.15, 0.2) is 0 Å². The van der Waals surface area contributed by atoms with Gasteiger partial charge in [0, 0.05) is 25.1 Å². The molecule has 2 atom stereocenters. The molecule has 1 heterocycles. The number of rotatable bonds is 4. The molecule has 2 N–H and O–H groups in total. The van der Waals surface area contributed by atoms with Crippen LogP contribution < -0.4 is 5.73 Å². The third kappa shape index (κ3) is 3.31. The van der Waals surface area contributed by atoms with E-state index in [1.807, 2.05) is 30.3 Å². The molecule has 1 fully saturated rings. The smallest absolute Gasteiger partial charge is 0.246 e. The van der Waals surface area contributed by atoms with Crippen LogP contribution in [0.2, 0.25) is 0 Å². The molecule has 0 bridgehead atoms. The van der Waals surface area contributed by atoms with Gasteiger partial charge in [0.1, 0.15) is 16.5 Å². The van der Waals surface area contributed by atoms with Gasteiger partial charge in [0.05, 0.1) is 0 Å². The van der Waals surface area contributed by atoms with Crippen LogP contribution in [0.1, 0.15) is 17.0 Å². The summed E-state index contributed by atoms with van der Waals surface area (Å²) in [6.07, 6.45) is 0. The van der Waals surface area contributed by atoms with Crippen molar-refractivity contribution in [1.29, 1.82) is 0 Å². The summed E-state index contributed by atoms with van der Waals surface area (Å²) < 4.78 is 54.6. The van der Waals surface area contributed by atoms with E-state index in [9.17, 15) is 17.2 Å². The zero-order chi connectivity index (χ0) is 18.2. The topological polar surface area (TPSA) is 63.4 Å². The molecule has 0 unspecified atom stereocenters. The van der Waals surface area contributed by atoms with Crippen molar-refractivity contribution in [2.75, 3.05) is 19.6 Å². The molecular formula is C18H20F2N2O2S. The first-order valence-electron chi connectivity index (χ1n) is 8.05. The van der Waals surface area contributed by atoms with Crippen LogP contribution in [-0.4, -0.2) is 32.4 Å². The van der Waals surface area contributed by atoms with Crippen molar-refractivity contribution < 1.29 is 17.2 Å². The minimum absolute atomic E-state index is 0.0504. The van der Waals surface area contributed by atoms with E-state index < -0.39 is 26.6 Å². The van der Waals surface area contributed by atoms with Crippen LogP contribution in [0.4, 0.5) is 8.78 Å². The van der Waals surface area contributed by atoms with E-state index in [0.29, 0.717) is 12.6 Å². The van der Waals surface area contributed by atoms with E-state index in [1.54, 1.807) is 0 Å². The summed E-state index contributed by atoms with van der Waals surface area (Å²) in [6.45, 7) is 2.18. The van der Waals surface area contributed by atoms with Gasteiger partial charge in [-0.1, -0.05) is 30.3 Å². The molecular weight excluding hydrogens is 346 g/mol. The predicted molar refractivity (Wildman–Crippen MR) is 91.6 cm³/mol. The molecule has 0 aliphatic carbocycles. The molecule has 1 aliphatic rings. The quantitative estimate of drug-likeness (QED) is 0.905. The summed E-state index contributed by atoms with van der Waals surface area (Å²) in [4.78, 5) is -0.490. The van der Waals surface area contributed by atoms with Gasteiger partial charge in [-0.05, 0) is 36.6 Å². The van der Waals surface area contributed by atoms with Crippen LogP contribution in [0.3, 0.4) is 0 Å². The van der Waals surface area contributed by atoms with Crippen LogP contribution in [0.5, 0.6) is 0 Å². The average molecular weight is 366 g/mol. The zero-order valence-corrected chi connectivity index (χ0v) is 14.6. The minimum Gasteiger partial charge on any atom is -0.330 e. The van der Waals surface area contributed by atoms with Crippen LogP contribution >= 0.6 is 0 Å². The fraction of sp³-hybridized carbons (Fsp3) is 0.333. The summed E-state index contributed by atoms with van der Waals surface area (Å²) >= 11 is 0. The number of aryl methyl sites for hydroxylation is 1. The van der Waals surface area contributed by atoms with Gasteiger partial charge >= 0.3 is 0 Å². The van der Waals surface area contributed by atoms with Crippen molar-refractivity contribution in [3.05, 3.63) is 65.2 Å². The van der Waals surface area contributed by atoms with E-state index in [2.05, 4.69) is 0 Å². The highest BCUT2D eigenvalue weighted by atomic mass is 32.2. The molecule has 2 aromatic rings. The molecule has 0 spiro atoms. The highest BCUT2D eigenvalue weighted by Gasteiger charge is 2.40. The normalized spacial score (nSPS) is 21.6. The summed E-state index contributed by atoms with van der Waals surface area (Å²) in [5, 5.41) is 0. The van der Waals surface area contributed by atoms with E-state index in [4.69, 9.17) is 5.73 Å². The Bertz CT molecular complexity index is 872. The molecule has 0 radical (unpaired) electrons. The fourth-order valence-corrected chi connectivity index (χ4v) is 4.97. The van der Waals surface area contributed by atoms with E-state index in [0.717, 1.165) is 11.6 Å². The number of sulfonamides is 1. The second-order valence-corrected chi connectivity index (χ2v) is 8.27. The SMILES string of the molecule is Cc1cc(S(=O)(=O)N2C[C@@H](CN)[C@H](c3ccccc3)C2)c(F)cc1F. The highest BCUT2D eigenvalue weighted by Crippen LogP contribution is 2.35. The summed E-state index contributed by atoms with van der Waals surface area (Å²) in [5.74, 6) is -1.94. The number of hydrogen-bond donors (Lipinski definition) is 1. The van der Waals surface area contributed by atoms with Crippen molar-refractivity contribution >= 4 is 10.0 Å². The van der Waals surface area contributed by atoms with Crippen molar-refractivity contribution in [2.45, 2.75) is 17.7 Å². The molecule has 0 saturated carbocycles. The maximum atomic E-state index is 14.1. The average Bonchev–Trinajstić information content (AvgIpc) is 3.04. The lowest BCUT2D eigenvalue weighted by Gasteiger charge is -2.17. The Morgan fingerprint density at radius 2 is 1.80 bits per heavy atom. The van der Waals surface area contributed by atoms with Crippen molar-refractivity contribution in [3.63, 3.8) is 0 Å². The second kappa shape index (κ2) is 6.82. The second-order valence-electron chi connectivity index (χ2n) is 6.37. The maximum absolute atomic E-state index is 14.1. The van der Waals surface area contributed by atoms with Gasteiger partial charge in [0.25, 0.3) is 0 Å². The van der Waals surface area contributed by atoms with E-state index >= 15 is 0 Å². The molecule has 7 heteroatoms. The molecule has 4 nitrogen and oxygen atoms in total. The maximum Gasteiger partial charge on any atom is 0.246 e. The van der Waals surface area contributed by atoms with Gasteiger partial charge in [0.2, 0.25) is 10.0 Å². The Hall–Kier alpha value is -1.83. The number of hydrogen-bond acceptors (Lipinski definition) is 3. The Balaban J connectivity index is 1.95. The van der Waals surface area contributed by atoms with E-state index in [-0.39, 0.29) is 30.5 Å². The summed E-state index contributed by atoms with van der Waals surface area (Å²) in [6, 6.07) is 11.2. The monoisotopic (exact) mass is 366 g/mol. The lowest BCUT2D eigenvalue weighted by atomic mass is 9.89. The third-order valence-electron chi connectivity index (χ3n) is 4.77.